The van der Waals surface area contributed by atoms with Gasteiger partial charge in [0.1, 0.15) is 18.7 Å². The third kappa shape index (κ3) is 5.41. The lowest BCUT2D eigenvalue weighted by Gasteiger charge is -2.34. The van der Waals surface area contributed by atoms with E-state index in [0.717, 1.165) is 50.2 Å². The van der Waals surface area contributed by atoms with Crippen LogP contribution >= 0.6 is 0 Å². The van der Waals surface area contributed by atoms with Crippen molar-refractivity contribution in [2.45, 2.75) is 0 Å². The van der Waals surface area contributed by atoms with Gasteiger partial charge in [-0.2, -0.15) is 0 Å². The van der Waals surface area contributed by atoms with Gasteiger partial charge in [0.2, 0.25) is 5.88 Å². The minimum atomic E-state index is 0.215. The number of aliphatic hydroxyl groups excluding tert-OH is 1. The van der Waals surface area contributed by atoms with Gasteiger partial charge in [-0.05, 0) is 18.2 Å². The highest BCUT2D eigenvalue weighted by Gasteiger charge is 2.17. The van der Waals surface area contributed by atoms with Gasteiger partial charge in [-0.15, -0.1) is 0 Å². The largest absolute Gasteiger partial charge is 0.493 e. The molecule has 0 saturated carbocycles. The number of aliphatic hydroxyl groups is 1. The van der Waals surface area contributed by atoms with Gasteiger partial charge in [0, 0.05) is 45.3 Å². The van der Waals surface area contributed by atoms with Crippen molar-refractivity contribution in [3.05, 3.63) is 48.8 Å². The van der Waals surface area contributed by atoms with Crippen molar-refractivity contribution in [3.63, 3.8) is 0 Å². The van der Waals surface area contributed by atoms with Gasteiger partial charge in [0.25, 0.3) is 0 Å². The molecule has 1 aliphatic rings. The number of methoxy groups -OCH3 is 1. The van der Waals surface area contributed by atoms with Crippen molar-refractivity contribution in [1.29, 1.82) is 0 Å². The summed E-state index contributed by atoms with van der Waals surface area (Å²) in [7, 11) is 1.62. The zero-order valence-corrected chi connectivity index (χ0v) is 17.7. The Labute approximate surface area is 182 Å². The Bertz CT molecular complexity index is 978. The van der Waals surface area contributed by atoms with Gasteiger partial charge in [0.05, 0.1) is 24.6 Å². The molecule has 0 radical (unpaired) electrons. The fourth-order valence-electron chi connectivity index (χ4n) is 3.66. The molecular formula is C23H28N4O4. The number of aromatic nitrogens is 2. The molecule has 2 heterocycles. The monoisotopic (exact) mass is 424 g/mol. The molecule has 0 atom stereocenters. The van der Waals surface area contributed by atoms with Crippen LogP contribution in [0.2, 0.25) is 0 Å². The first-order chi connectivity index (χ1) is 15.3. The predicted molar refractivity (Wildman–Crippen MR) is 118 cm³/mol. The third-order valence-corrected chi connectivity index (χ3v) is 5.39. The number of hydrogen-bond donors (Lipinski definition) is 1. The van der Waals surface area contributed by atoms with Crippen molar-refractivity contribution in [2.24, 2.45) is 0 Å². The Morgan fingerprint density at radius 1 is 0.935 bits per heavy atom. The van der Waals surface area contributed by atoms with E-state index in [-0.39, 0.29) is 6.61 Å². The van der Waals surface area contributed by atoms with E-state index in [9.17, 15) is 0 Å². The van der Waals surface area contributed by atoms with Crippen molar-refractivity contribution in [2.75, 3.05) is 59.6 Å². The Balaban J connectivity index is 1.42. The summed E-state index contributed by atoms with van der Waals surface area (Å²) in [5.41, 5.74) is 0.731. The van der Waals surface area contributed by atoms with Crippen LogP contribution in [0, 0.1) is 0 Å². The summed E-state index contributed by atoms with van der Waals surface area (Å²) in [6.45, 7) is 6.25. The molecule has 31 heavy (non-hydrogen) atoms. The van der Waals surface area contributed by atoms with Crippen LogP contribution < -0.4 is 14.2 Å². The number of fused-ring (bicyclic) bond motifs is 1. The average Bonchev–Trinajstić information content (AvgIpc) is 2.81. The summed E-state index contributed by atoms with van der Waals surface area (Å²) in [5.74, 6) is 2.45. The maximum atomic E-state index is 9.06. The van der Waals surface area contributed by atoms with Gasteiger partial charge in [-0.3, -0.25) is 9.80 Å². The second-order valence-corrected chi connectivity index (χ2v) is 7.37. The quantitative estimate of drug-likeness (QED) is 0.561. The van der Waals surface area contributed by atoms with E-state index in [1.807, 2.05) is 42.5 Å². The molecule has 0 unspecified atom stereocenters. The van der Waals surface area contributed by atoms with E-state index >= 15 is 0 Å². The van der Waals surface area contributed by atoms with Crippen LogP contribution in [-0.2, 0) is 0 Å². The normalized spacial score (nSPS) is 15.2. The highest BCUT2D eigenvalue weighted by atomic mass is 16.5. The molecule has 0 bridgehead atoms. The smallest absolute Gasteiger partial charge is 0.230 e. The highest BCUT2D eigenvalue weighted by molar-refractivity contribution is 5.87. The minimum absolute atomic E-state index is 0.215. The number of benzene rings is 2. The summed E-state index contributed by atoms with van der Waals surface area (Å²) in [6.07, 6.45) is 1.49. The van der Waals surface area contributed by atoms with E-state index in [1.165, 1.54) is 6.33 Å². The van der Waals surface area contributed by atoms with Crippen LogP contribution in [-0.4, -0.2) is 84.5 Å². The lowest BCUT2D eigenvalue weighted by Crippen LogP contribution is -2.48. The fraction of sp³-hybridized carbons (Fsp3) is 0.391. The topological polar surface area (TPSA) is 80.2 Å². The average molecular weight is 425 g/mol. The Hall–Kier alpha value is -2.94. The summed E-state index contributed by atoms with van der Waals surface area (Å²) in [5, 5.41) is 9.82. The first kappa shape index (κ1) is 21.3. The number of para-hydroxylation sites is 1. The molecule has 4 rings (SSSR count). The summed E-state index contributed by atoms with van der Waals surface area (Å²) in [4.78, 5) is 13.3. The van der Waals surface area contributed by atoms with Gasteiger partial charge < -0.3 is 19.3 Å². The minimum Gasteiger partial charge on any atom is -0.493 e. The molecule has 3 aromatic rings. The first-order valence-electron chi connectivity index (χ1n) is 10.5. The van der Waals surface area contributed by atoms with Crippen molar-refractivity contribution in [3.8, 4) is 23.1 Å². The van der Waals surface area contributed by atoms with Gasteiger partial charge in [-0.25, -0.2) is 9.97 Å². The van der Waals surface area contributed by atoms with Gasteiger partial charge in [0.15, 0.2) is 11.5 Å². The second-order valence-electron chi connectivity index (χ2n) is 7.37. The molecule has 0 amide bonds. The van der Waals surface area contributed by atoms with Gasteiger partial charge >= 0.3 is 0 Å². The molecule has 1 saturated heterocycles. The Kier molecular flexibility index (Phi) is 7.14. The zero-order chi connectivity index (χ0) is 21.5. The number of hydrogen-bond acceptors (Lipinski definition) is 8. The molecule has 1 fully saturated rings. The van der Waals surface area contributed by atoms with Crippen molar-refractivity contribution >= 4 is 10.9 Å². The third-order valence-electron chi connectivity index (χ3n) is 5.39. The van der Waals surface area contributed by atoms with E-state index < -0.39 is 0 Å². The highest BCUT2D eigenvalue weighted by Crippen LogP contribution is 2.35. The predicted octanol–water partition coefficient (Wildman–Crippen LogP) is 2.42. The van der Waals surface area contributed by atoms with Crippen LogP contribution in [0.3, 0.4) is 0 Å². The summed E-state index contributed by atoms with van der Waals surface area (Å²) < 4.78 is 17.6. The van der Waals surface area contributed by atoms with Crippen LogP contribution in [0.15, 0.2) is 48.8 Å². The maximum absolute atomic E-state index is 9.06. The molecule has 2 aromatic carbocycles. The number of ether oxygens (including phenoxy) is 3. The Morgan fingerprint density at radius 3 is 2.39 bits per heavy atom. The van der Waals surface area contributed by atoms with E-state index in [4.69, 9.17) is 19.3 Å². The zero-order valence-electron chi connectivity index (χ0n) is 17.7. The molecular weight excluding hydrogens is 396 g/mol. The number of nitrogens with zero attached hydrogens (tertiary/aromatic N) is 4. The van der Waals surface area contributed by atoms with Crippen molar-refractivity contribution in [1.82, 2.24) is 19.8 Å². The van der Waals surface area contributed by atoms with E-state index in [1.54, 1.807) is 7.11 Å². The van der Waals surface area contributed by atoms with Crippen LogP contribution in [0.4, 0.5) is 0 Å². The number of β-amino-alcohol motifs (C(OH)–C–C–N with tert-alkyl or cyclic N) is 1. The van der Waals surface area contributed by atoms with E-state index in [0.29, 0.717) is 29.7 Å². The van der Waals surface area contributed by atoms with E-state index in [2.05, 4.69) is 19.8 Å². The lowest BCUT2D eigenvalue weighted by atomic mass is 10.2. The SMILES string of the molecule is COc1cc2c(Oc3ccccc3)ncnc2cc1OCCN1CCN(CCO)CC1. The molecule has 1 N–H and O–H groups in total. The van der Waals surface area contributed by atoms with Crippen LogP contribution in [0.1, 0.15) is 0 Å². The summed E-state index contributed by atoms with van der Waals surface area (Å²) >= 11 is 0. The first-order valence-corrected chi connectivity index (χ1v) is 10.5. The van der Waals surface area contributed by atoms with Crippen LogP contribution in [0.5, 0.6) is 23.1 Å². The molecule has 8 heteroatoms. The molecule has 1 aromatic heterocycles. The number of rotatable bonds is 9. The molecule has 0 aliphatic carbocycles. The number of piperazine rings is 1. The molecule has 1 aliphatic heterocycles. The Morgan fingerprint density at radius 2 is 1.68 bits per heavy atom. The van der Waals surface area contributed by atoms with Crippen LogP contribution in [0.25, 0.3) is 10.9 Å². The van der Waals surface area contributed by atoms with Crippen molar-refractivity contribution < 1.29 is 19.3 Å². The summed E-state index contributed by atoms with van der Waals surface area (Å²) in [6, 6.07) is 13.3. The molecule has 8 nitrogen and oxygen atoms in total. The fourth-order valence-corrected chi connectivity index (χ4v) is 3.66. The lowest BCUT2D eigenvalue weighted by molar-refractivity contribution is 0.101. The molecule has 0 spiro atoms. The standard InChI is InChI=1S/C23H28N4O4/c1-29-21-15-19-20(24-17-25-23(19)31-18-5-3-2-4-6-18)16-22(21)30-14-12-27-9-7-26(8-10-27)11-13-28/h2-6,15-17,28H,7-14H2,1H3. The maximum Gasteiger partial charge on any atom is 0.230 e. The van der Waals surface area contributed by atoms with Gasteiger partial charge in [-0.1, -0.05) is 18.2 Å². The second kappa shape index (κ2) is 10.4. The molecule has 164 valence electrons.